The van der Waals surface area contributed by atoms with Crippen molar-refractivity contribution in [3.8, 4) is 28.5 Å². The number of nitrogens with zero attached hydrogens (tertiary/aromatic N) is 2. The monoisotopic (exact) mass is 539 g/mol. The zero-order chi connectivity index (χ0) is 28.3. The molecule has 5 aromatic rings. The Bertz CT molecular complexity index is 1650. The van der Waals surface area contributed by atoms with E-state index in [1.54, 1.807) is 32.5 Å². The molecule has 0 saturated heterocycles. The fourth-order valence-electron chi connectivity index (χ4n) is 4.32. The summed E-state index contributed by atoms with van der Waals surface area (Å²) < 4.78 is 43.3. The highest BCUT2D eigenvalue weighted by Crippen LogP contribution is 2.44. The Kier molecular flexibility index (Phi) is 7.61. The number of ether oxygens (including phenoxy) is 2. The van der Waals surface area contributed by atoms with Gasteiger partial charge in [0.1, 0.15) is 5.75 Å². The first kappa shape index (κ1) is 27.2. The van der Waals surface area contributed by atoms with Crippen LogP contribution in [0.15, 0.2) is 60.8 Å². The number of carboxylic acid groups (broad SMARTS) is 1. The lowest BCUT2D eigenvalue weighted by Gasteiger charge is -2.18. The summed E-state index contributed by atoms with van der Waals surface area (Å²) in [4.78, 5) is 13.8. The second-order valence-electron chi connectivity index (χ2n) is 8.62. The number of H-pyrrole nitrogens is 1. The van der Waals surface area contributed by atoms with Crippen LogP contribution in [0.4, 0.5) is 13.2 Å². The Morgan fingerprint density at radius 1 is 1.03 bits per heavy atom. The van der Waals surface area contributed by atoms with Gasteiger partial charge in [-0.3, -0.25) is 5.10 Å². The lowest BCUT2D eigenvalue weighted by atomic mass is 9.92. The number of nitrogens with one attached hydrogen (secondary N) is 1. The molecule has 0 aliphatic carbocycles. The van der Waals surface area contributed by atoms with Crippen LogP contribution in [0.3, 0.4) is 0 Å². The van der Waals surface area contributed by atoms with Gasteiger partial charge in [0.05, 0.1) is 26.1 Å². The number of carbonyl (C=O) groups is 1. The van der Waals surface area contributed by atoms with Crippen molar-refractivity contribution >= 4 is 27.8 Å². The van der Waals surface area contributed by atoms with Crippen LogP contribution in [0.2, 0.25) is 0 Å². The van der Waals surface area contributed by atoms with Crippen molar-refractivity contribution in [3.05, 3.63) is 77.5 Å². The lowest BCUT2D eigenvalue weighted by molar-refractivity contribution is -0.192. The third kappa shape index (κ3) is 5.71. The maximum Gasteiger partial charge on any atom is 0.490 e. The number of aromatic hydroxyl groups is 1. The number of aliphatic carboxylic acids is 1. The zero-order valence-corrected chi connectivity index (χ0v) is 21.1. The van der Waals surface area contributed by atoms with E-state index >= 15 is 0 Å². The largest absolute Gasteiger partial charge is 0.508 e. The van der Waals surface area contributed by atoms with Gasteiger partial charge in [-0.15, -0.1) is 0 Å². The van der Waals surface area contributed by atoms with Crippen molar-refractivity contribution in [3.63, 3.8) is 0 Å². The van der Waals surface area contributed by atoms with Crippen molar-refractivity contribution in [1.29, 1.82) is 0 Å². The van der Waals surface area contributed by atoms with Crippen LogP contribution < -0.4 is 9.47 Å². The molecule has 3 N–H and O–H groups in total. The Hall–Kier alpha value is -4.80. The van der Waals surface area contributed by atoms with Crippen LogP contribution in [0.25, 0.3) is 33.1 Å². The summed E-state index contributed by atoms with van der Waals surface area (Å²) in [6.45, 7) is 2.09. The first-order valence-electron chi connectivity index (χ1n) is 11.6. The number of rotatable bonds is 5. The molecule has 3 aromatic carbocycles. The summed E-state index contributed by atoms with van der Waals surface area (Å²) in [7, 11) is 3.31. The molecule has 0 radical (unpaired) electrons. The van der Waals surface area contributed by atoms with Crippen LogP contribution in [0.1, 0.15) is 16.7 Å². The molecule has 0 fully saturated rings. The highest BCUT2D eigenvalue weighted by Gasteiger charge is 2.38. The van der Waals surface area contributed by atoms with Crippen LogP contribution in [-0.4, -0.2) is 51.8 Å². The summed E-state index contributed by atoms with van der Waals surface area (Å²) in [6, 6.07) is 17.5. The van der Waals surface area contributed by atoms with E-state index < -0.39 is 12.1 Å². The molecule has 0 aliphatic rings. The molecule has 0 bridgehead atoms. The van der Waals surface area contributed by atoms with Crippen molar-refractivity contribution < 1.29 is 37.7 Å². The Morgan fingerprint density at radius 3 is 2.31 bits per heavy atom. The van der Waals surface area contributed by atoms with Crippen molar-refractivity contribution in [2.75, 3.05) is 14.2 Å². The molecule has 0 unspecified atom stereocenters. The van der Waals surface area contributed by atoms with Gasteiger partial charge in [0.15, 0.2) is 17.1 Å². The standard InChI is InChI=1S/C26H23N3O3.C2HF3O2/c1-15-5-4-6-16(11-15)12-20-23-19(13-22(31-2)25(20)32-3)24(17-7-9-18(30)10-8-17)28-26-21(23)14-27-29-26;3-2(4,5)1(6)7/h4-11,13-14,30H,12H2,1-3H3,(H,27,28,29);(H,6,7). The summed E-state index contributed by atoms with van der Waals surface area (Å²) >= 11 is 0. The van der Waals surface area contributed by atoms with Gasteiger partial charge in [0, 0.05) is 33.7 Å². The molecule has 0 amide bonds. The molecule has 2 aromatic heterocycles. The lowest BCUT2D eigenvalue weighted by Crippen LogP contribution is -2.21. The van der Waals surface area contributed by atoms with E-state index in [0.717, 1.165) is 33.0 Å². The number of halogens is 3. The molecular formula is C28H24F3N3O5. The average molecular weight is 540 g/mol. The minimum Gasteiger partial charge on any atom is -0.508 e. The molecule has 0 atom stereocenters. The predicted molar refractivity (Wildman–Crippen MR) is 139 cm³/mol. The van der Waals surface area contributed by atoms with E-state index in [1.807, 2.05) is 18.2 Å². The number of phenols is 1. The van der Waals surface area contributed by atoms with Gasteiger partial charge in [-0.05, 0) is 42.8 Å². The number of aromatic amines is 1. The Labute approximate surface area is 220 Å². The smallest absolute Gasteiger partial charge is 0.490 e. The number of phenolic OH excluding ortho intramolecular Hbond substituents is 1. The van der Waals surface area contributed by atoms with E-state index in [0.29, 0.717) is 23.6 Å². The second kappa shape index (κ2) is 10.9. The number of aromatic nitrogens is 3. The number of methoxy groups -OCH3 is 2. The maximum atomic E-state index is 10.6. The minimum atomic E-state index is -5.08. The molecule has 39 heavy (non-hydrogen) atoms. The number of pyridine rings is 1. The maximum absolute atomic E-state index is 10.6. The van der Waals surface area contributed by atoms with Crippen molar-refractivity contribution in [2.24, 2.45) is 0 Å². The van der Waals surface area contributed by atoms with Crippen LogP contribution in [0.5, 0.6) is 17.2 Å². The van der Waals surface area contributed by atoms with E-state index in [9.17, 15) is 18.3 Å². The number of hydrogen-bond donors (Lipinski definition) is 3. The molecule has 202 valence electrons. The fraction of sp³-hybridized carbons (Fsp3) is 0.179. The van der Waals surface area contributed by atoms with E-state index in [1.165, 1.54) is 11.1 Å². The number of carboxylic acids is 1. The summed E-state index contributed by atoms with van der Waals surface area (Å²) in [5, 5.41) is 27.0. The minimum absolute atomic E-state index is 0.208. The van der Waals surface area contributed by atoms with Crippen molar-refractivity contribution in [2.45, 2.75) is 19.5 Å². The van der Waals surface area contributed by atoms with Gasteiger partial charge >= 0.3 is 12.1 Å². The SMILES string of the molecule is COc1cc2c(-c3ccc(O)cc3)nc3[nH]ncc3c2c(Cc2cccc(C)c2)c1OC.O=C(O)C(F)(F)F. The quantitative estimate of drug-likeness (QED) is 0.250. The Balaban J connectivity index is 0.000000448. The van der Waals surface area contributed by atoms with E-state index in [-0.39, 0.29) is 5.75 Å². The molecule has 5 rings (SSSR count). The van der Waals surface area contributed by atoms with E-state index in [4.69, 9.17) is 24.4 Å². The first-order valence-corrected chi connectivity index (χ1v) is 11.6. The average Bonchev–Trinajstić information content (AvgIpc) is 3.36. The molecule has 0 saturated carbocycles. The van der Waals surface area contributed by atoms with Gasteiger partial charge in [0.2, 0.25) is 0 Å². The molecule has 8 nitrogen and oxygen atoms in total. The molecule has 0 aliphatic heterocycles. The molecule has 11 heteroatoms. The topological polar surface area (TPSA) is 118 Å². The highest BCUT2D eigenvalue weighted by molar-refractivity contribution is 6.13. The normalized spacial score (nSPS) is 11.2. The van der Waals surface area contributed by atoms with Crippen LogP contribution in [-0.2, 0) is 11.2 Å². The number of fused-ring (bicyclic) bond motifs is 3. The van der Waals surface area contributed by atoms with Gasteiger partial charge in [-0.25, -0.2) is 9.78 Å². The number of benzene rings is 3. The third-order valence-electron chi connectivity index (χ3n) is 5.98. The second-order valence-corrected chi connectivity index (χ2v) is 8.62. The van der Waals surface area contributed by atoms with Crippen LogP contribution in [0, 0.1) is 6.92 Å². The number of alkyl halides is 3. The summed E-state index contributed by atoms with van der Waals surface area (Å²) in [5.41, 5.74) is 5.76. The summed E-state index contributed by atoms with van der Waals surface area (Å²) in [6.07, 6.45) is -2.62. The Morgan fingerprint density at radius 2 is 1.72 bits per heavy atom. The predicted octanol–water partition coefficient (Wildman–Crippen LogP) is 6.03. The van der Waals surface area contributed by atoms with Gasteiger partial charge in [0.25, 0.3) is 0 Å². The third-order valence-corrected chi connectivity index (χ3v) is 5.98. The van der Waals surface area contributed by atoms with Gasteiger partial charge in [-0.2, -0.15) is 18.3 Å². The fourth-order valence-corrected chi connectivity index (χ4v) is 4.32. The van der Waals surface area contributed by atoms with Gasteiger partial charge in [-0.1, -0.05) is 29.8 Å². The van der Waals surface area contributed by atoms with E-state index in [2.05, 4.69) is 41.4 Å². The molecular weight excluding hydrogens is 515 g/mol. The molecule has 2 heterocycles. The summed E-state index contributed by atoms with van der Waals surface area (Å²) in [5.74, 6) is -1.20. The van der Waals surface area contributed by atoms with Gasteiger partial charge < -0.3 is 19.7 Å². The molecule has 0 spiro atoms. The van der Waals surface area contributed by atoms with Crippen molar-refractivity contribution in [1.82, 2.24) is 15.2 Å². The van der Waals surface area contributed by atoms with Crippen LogP contribution >= 0.6 is 0 Å². The zero-order valence-electron chi connectivity index (χ0n) is 21.1. The first-order chi connectivity index (χ1) is 18.5. The number of aryl methyl sites for hydroxylation is 1. The number of hydrogen-bond acceptors (Lipinski definition) is 6. The highest BCUT2D eigenvalue weighted by atomic mass is 19.4.